The maximum atomic E-state index is 6.22. The fraction of sp³-hybridized carbons (Fsp3) is 1.00. The van der Waals surface area contributed by atoms with E-state index in [1.807, 2.05) is 0 Å². The lowest BCUT2D eigenvalue weighted by Gasteiger charge is -2.51. The molecule has 2 unspecified atom stereocenters. The van der Waals surface area contributed by atoms with Crippen LogP contribution in [0.25, 0.3) is 0 Å². The van der Waals surface area contributed by atoms with Gasteiger partial charge in [0.1, 0.15) is 0 Å². The average Bonchev–Trinajstić information content (AvgIpc) is 2.49. The number of rotatable bonds is 2. The van der Waals surface area contributed by atoms with Crippen molar-refractivity contribution in [1.82, 2.24) is 9.80 Å². The van der Waals surface area contributed by atoms with E-state index < -0.39 is 0 Å². The van der Waals surface area contributed by atoms with Crippen LogP contribution in [0.1, 0.15) is 40.0 Å². The Morgan fingerprint density at radius 2 is 2.00 bits per heavy atom. The highest BCUT2D eigenvalue weighted by Gasteiger charge is 2.43. The molecule has 112 valence electrons. The molecule has 0 amide bonds. The first kappa shape index (κ1) is 15.2. The molecular formula is C15H31N3O. The summed E-state index contributed by atoms with van der Waals surface area (Å²) in [6.45, 7) is 11.7. The molecular weight excluding hydrogens is 238 g/mol. The van der Waals surface area contributed by atoms with Gasteiger partial charge < -0.3 is 15.4 Å². The summed E-state index contributed by atoms with van der Waals surface area (Å²) in [4.78, 5) is 5.06. The molecule has 2 rings (SSSR count). The topological polar surface area (TPSA) is 41.7 Å². The summed E-state index contributed by atoms with van der Waals surface area (Å²) in [6.07, 6.45) is 3.95. The van der Waals surface area contributed by atoms with Crippen molar-refractivity contribution in [2.45, 2.75) is 57.3 Å². The van der Waals surface area contributed by atoms with Crippen LogP contribution in [0.2, 0.25) is 0 Å². The smallest absolute Gasteiger partial charge is 0.0757 e. The van der Waals surface area contributed by atoms with Crippen molar-refractivity contribution in [1.29, 1.82) is 0 Å². The monoisotopic (exact) mass is 269 g/mol. The van der Waals surface area contributed by atoms with E-state index in [0.717, 1.165) is 26.2 Å². The van der Waals surface area contributed by atoms with E-state index in [2.05, 4.69) is 37.6 Å². The van der Waals surface area contributed by atoms with Gasteiger partial charge in [0.05, 0.1) is 11.7 Å². The number of hydrogen-bond acceptors (Lipinski definition) is 4. The molecule has 0 aromatic rings. The molecule has 0 aliphatic carbocycles. The predicted molar refractivity (Wildman–Crippen MR) is 79.3 cm³/mol. The molecule has 0 aromatic heterocycles. The van der Waals surface area contributed by atoms with Gasteiger partial charge in [-0.05, 0) is 60.2 Å². The van der Waals surface area contributed by atoms with E-state index in [1.165, 1.54) is 25.8 Å². The van der Waals surface area contributed by atoms with Crippen LogP contribution < -0.4 is 5.73 Å². The van der Waals surface area contributed by atoms with Crippen LogP contribution in [0.3, 0.4) is 0 Å². The molecule has 2 heterocycles. The molecule has 2 aliphatic rings. The second-order valence-electron chi connectivity index (χ2n) is 7.15. The normalized spacial score (nSPS) is 38.1. The molecule has 0 aromatic carbocycles. The number of likely N-dealkylation sites (tertiary alicyclic amines) is 1. The molecule has 0 radical (unpaired) electrons. The van der Waals surface area contributed by atoms with Gasteiger partial charge in [-0.3, -0.25) is 4.90 Å². The fourth-order valence-corrected chi connectivity index (χ4v) is 3.78. The maximum absolute atomic E-state index is 6.22. The van der Waals surface area contributed by atoms with Crippen molar-refractivity contribution < 1.29 is 4.74 Å². The minimum absolute atomic E-state index is 0.0575. The second-order valence-corrected chi connectivity index (χ2v) is 7.15. The summed E-state index contributed by atoms with van der Waals surface area (Å²) < 4.78 is 6.04. The predicted octanol–water partition coefficient (Wildman–Crippen LogP) is 1.30. The summed E-state index contributed by atoms with van der Waals surface area (Å²) in [6, 6.07) is 0. The third-order valence-electron chi connectivity index (χ3n) is 4.76. The first-order chi connectivity index (χ1) is 8.87. The van der Waals surface area contributed by atoms with Gasteiger partial charge in [0.15, 0.2) is 0 Å². The van der Waals surface area contributed by atoms with Gasteiger partial charge in [-0.15, -0.1) is 0 Å². The summed E-state index contributed by atoms with van der Waals surface area (Å²) >= 11 is 0. The SMILES string of the molecule is CC1CN(C2(CN)CCCN(C)CC2)CC(C)(C)O1. The van der Waals surface area contributed by atoms with E-state index in [0.29, 0.717) is 6.10 Å². The molecule has 0 spiro atoms. The van der Waals surface area contributed by atoms with Crippen LogP contribution in [0.4, 0.5) is 0 Å². The molecule has 2 atom stereocenters. The quantitative estimate of drug-likeness (QED) is 0.820. The molecule has 19 heavy (non-hydrogen) atoms. The first-order valence-corrected chi connectivity index (χ1v) is 7.68. The third-order valence-corrected chi connectivity index (χ3v) is 4.76. The van der Waals surface area contributed by atoms with Crippen LogP contribution in [0.5, 0.6) is 0 Å². The van der Waals surface area contributed by atoms with Gasteiger partial charge >= 0.3 is 0 Å². The molecule has 4 heteroatoms. The van der Waals surface area contributed by atoms with Gasteiger partial charge in [-0.1, -0.05) is 0 Å². The van der Waals surface area contributed by atoms with Crippen LogP contribution in [0, 0.1) is 0 Å². The van der Waals surface area contributed by atoms with E-state index in [-0.39, 0.29) is 11.1 Å². The average molecular weight is 269 g/mol. The van der Waals surface area contributed by atoms with Gasteiger partial charge in [0, 0.05) is 25.2 Å². The second kappa shape index (κ2) is 5.68. The van der Waals surface area contributed by atoms with Crippen molar-refractivity contribution in [3.63, 3.8) is 0 Å². The summed E-state index contributed by atoms with van der Waals surface area (Å²) in [7, 11) is 2.22. The third kappa shape index (κ3) is 3.48. The Labute approximate surface area is 118 Å². The summed E-state index contributed by atoms with van der Waals surface area (Å²) in [5.41, 5.74) is 6.34. The highest BCUT2D eigenvalue weighted by molar-refractivity contribution is 4.98. The Morgan fingerprint density at radius 1 is 1.26 bits per heavy atom. The van der Waals surface area contributed by atoms with Crippen LogP contribution >= 0.6 is 0 Å². The number of ether oxygens (including phenoxy) is 1. The lowest BCUT2D eigenvalue weighted by atomic mass is 9.86. The number of nitrogens with zero attached hydrogens (tertiary/aromatic N) is 2. The van der Waals surface area contributed by atoms with Gasteiger partial charge in [0.25, 0.3) is 0 Å². The Balaban J connectivity index is 2.15. The first-order valence-electron chi connectivity index (χ1n) is 7.68. The molecule has 0 saturated carbocycles. The van der Waals surface area contributed by atoms with Crippen molar-refractivity contribution in [2.24, 2.45) is 5.73 Å². The highest BCUT2D eigenvalue weighted by Crippen LogP contribution is 2.33. The maximum Gasteiger partial charge on any atom is 0.0757 e. The molecule has 2 fully saturated rings. The van der Waals surface area contributed by atoms with Crippen LogP contribution in [-0.2, 0) is 4.74 Å². The van der Waals surface area contributed by atoms with Crippen molar-refractivity contribution in [3.8, 4) is 0 Å². The lowest BCUT2D eigenvalue weighted by Crippen LogP contribution is -2.63. The minimum Gasteiger partial charge on any atom is -0.370 e. The van der Waals surface area contributed by atoms with Gasteiger partial charge in [0.2, 0.25) is 0 Å². The summed E-state index contributed by atoms with van der Waals surface area (Å²) in [5.74, 6) is 0. The van der Waals surface area contributed by atoms with E-state index >= 15 is 0 Å². The largest absolute Gasteiger partial charge is 0.370 e. The van der Waals surface area contributed by atoms with Gasteiger partial charge in [-0.2, -0.15) is 0 Å². The van der Waals surface area contributed by atoms with Crippen molar-refractivity contribution in [3.05, 3.63) is 0 Å². The Kier molecular flexibility index (Phi) is 4.56. The molecule has 2 aliphatic heterocycles. The molecule has 0 bridgehead atoms. The minimum atomic E-state index is -0.0575. The fourth-order valence-electron chi connectivity index (χ4n) is 3.78. The molecule has 4 nitrogen and oxygen atoms in total. The zero-order valence-electron chi connectivity index (χ0n) is 13.1. The van der Waals surface area contributed by atoms with Crippen LogP contribution in [-0.4, -0.2) is 66.8 Å². The van der Waals surface area contributed by atoms with E-state index in [9.17, 15) is 0 Å². The van der Waals surface area contributed by atoms with Crippen molar-refractivity contribution in [2.75, 3.05) is 39.8 Å². The molecule has 2 N–H and O–H groups in total. The number of hydrogen-bond donors (Lipinski definition) is 1. The lowest BCUT2D eigenvalue weighted by molar-refractivity contribution is -0.154. The Bertz CT molecular complexity index is 308. The zero-order valence-corrected chi connectivity index (χ0v) is 13.1. The Hall–Kier alpha value is -0.160. The summed E-state index contributed by atoms with van der Waals surface area (Å²) in [5, 5.41) is 0. The number of nitrogens with two attached hydrogens (primary N) is 1. The zero-order chi connectivity index (χ0) is 14.1. The highest BCUT2D eigenvalue weighted by atomic mass is 16.5. The Morgan fingerprint density at radius 3 is 2.63 bits per heavy atom. The number of morpholine rings is 1. The van der Waals surface area contributed by atoms with Crippen molar-refractivity contribution >= 4 is 0 Å². The van der Waals surface area contributed by atoms with E-state index in [1.54, 1.807) is 0 Å². The van der Waals surface area contributed by atoms with Gasteiger partial charge in [-0.25, -0.2) is 0 Å². The van der Waals surface area contributed by atoms with E-state index in [4.69, 9.17) is 10.5 Å². The standard InChI is InChI=1S/C15H31N3O/c1-13-10-18(12-14(2,3)19-13)15(11-16)6-5-8-17(4)9-7-15/h13H,5-12,16H2,1-4H3. The molecule has 2 saturated heterocycles. The van der Waals surface area contributed by atoms with Crippen LogP contribution in [0.15, 0.2) is 0 Å².